The number of nitrogens with one attached hydrogen (secondary N) is 1. The lowest BCUT2D eigenvalue weighted by molar-refractivity contribution is -0.141. The topological polar surface area (TPSA) is 69.7 Å². The second-order valence-corrected chi connectivity index (χ2v) is 8.82. The van der Waals surface area contributed by atoms with Crippen LogP contribution in [0.4, 0.5) is 4.79 Å². The SMILES string of the molecule is O=C(CN1C(=O)N[C@]2(CCc3ccccc32)C1=O)N1CC[C@@H]2CCCC[C@@H]2C1. The average Bonchev–Trinajstić information content (AvgIpc) is 3.21. The Balaban J connectivity index is 1.30. The number of hydrogen-bond donors (Lipinski definition) is 1. The number of hydrogen-bond acceptors (Lipinski definition) is 3. The summed E-state index contributed by atoms with van der Waals surface area (Å²) in [6, 6.07) is 7.33. The molecule has 6 nitrogen and oxygen atoms in total. The monoisotopic (exact) mass is 381 g/mol. The Kier molecular flexibility index (Phi) is 4.18. The van der Waals surface area contributed by atoms with Crippen molar-refractivity contribution in [2.75, 3.05) is 19.6 Å². The largest absolute Gasteiger partial charge is 0.341 e. The second kappa shape index (κ2) is 6.61. The number of rotatable bonds is 2. The molecule has 148 valence electrons. The molecule has 28 heavy (non-hydrogen) atoms. The normalized spacial score (nSPS) is 31.7. The Labute approximate surface area is 165 Å². The zero-order chi connectivity index (χ0) is 19.3. The summed E-state index contributed by atoms with van der Waals surface area (Å²) < 4.78 is 0. The minimum absolute atomic E-state index is 0.101. The molecule has 1 N–H and O–H groups in total. The zero-order valence-corrected chi connectivity index (χ0v) is 16.2. The van der Waals surface area contributed by atoms with Crippen LogP contribution in [0.25, 0.3) is 0 Å². The van der Waals surface area contributed by atoms with Gasteiger partial charge in [0.1, 0.15) is 12.1 Å². The molecule has 3 fully saturated rings. The van der Waals surface area contributed by atoms with Crippen LogP contribution in [0, 0.1) is 11.8 Å². The number of carbonyl (C=O) groups is 3. The summed E-state index contributed by atoms with van der Waals surface area (Å²) in [6.07, 6.45) is 7.40. The van der Waals surface area contributed by atoms with Crippen molar-refractivity contribution in [3.8, 4) is 0 Å². The summed E-state index contributed by atoms with van der Waals surface area (Å²) in [7, 11) is 0. The molecule has 0 radical (unpaired) electrons. The summed E-state index contributed by atoms with van der Waals surface area (Å²) in [4.78, 5) is 41.8. The average molecular weight is 381 g/mol. The molecule has 2 heterocycles. The highest BCUT2D eigenvalue weighted by Gasteiger charge is 2.55. The van der Waals surface area contributed by atoms with Gasteiger partial charge in [0.25, 0.3) is 5.91 Å². The van der Waals surface area contributed by atoms with Crippen molar-refractivity contribution < 1.29 is 14.4 Å². The molecule has 0 bridgehead atoms. The molecule has 2 aliphatic carbocycles. The van der Waals surface area contributed by atoms with E-state index in [2.05, 4.69) is 5.32 Å². The van der Waals surface area contributed by atoms with Gasteiger partial charge in [-0.3, -0.25) is 14.5 Å². The number of fused-ring (bicyclic) bond motifs is 3. The van der Waals surface area contributed by atoms with Crippen molar-refractivity contribution in [3.05, 3.63) is 35.4 Å². The quantitative estimate of drug-likeness (QED) is 0.800. The van der Waals surface area contributed by atoms with Crippen molar-refractivity contribution in [2.45, 2.75) is 50.5 Å². The van der Waals surface area contributed by atoms with Gasteiger partial charge in [0.2, 0.25) is 5.91 Å². The van der Waals surface area contributed by atoms with Gasteiger partial charge in [-0.05, 0) is 48.6 Å². The van der Waals surface area contributed by atoms with E-state index in [0.717, 1.165) is 47.9 Å². The minimum Gasteiger partial charge on any atom is -0.341 e. The third-order valence-corrected chi connectivity index (χ3v) is 7.36. The maximum atomic E-state index is 13.2. The number of urea groups is 1. The van der Waals surface area contributed by atoms with E-state index in [9.17, 15) is 14.4 Å². The molecular weight excluding hydrogens is 354 g/mol. The van der Waals surface area contributed by atoms with Crippen LogP contribution in [0.3, 0.4) is 0 Å². The smallest absolute Gasteiger partial charge is 0.325 e. The summed E-state index contributed by atoms with van der Waals surface area (Å²) in [5.74, 6) is 0.953. The lowest BCUT2D eigenvalue weighted by Crippen LogP contribution is -2.49. The van der Waals surface area contributed by atoms with Crippen LogP contribution < -0.4 is 5.32 Å². The first-order chi connectivity index (χ1) is 13.6. The molecule has 0 aromatic heterocycles. The highest BCUT2D eigenvalue weighted by atomic mass is 16.2. The van der Waals surface area contributed by atoms with Crippen molar-refractivity contribution in [1.82, 2.24) is 15.1 Å². The Bertz CT molecular complexity index is 838. The van der Waals surface area contributed by atoms with Crippen molar-refractivity contribution >= 4 is 17.8 Å². The number of piperidine rings is 1. The molecule has 6 heteroatoms. The predicted molar refractivity (Wildman–Crippen MR) is 103 cm³/mol. The van der Waals surface area contributed by atoms with Crippen molar-refractivity contribution in [1.29, 1.82) is 0 Å². The van der Waals surface area contributed by atoms with Crippen molar-refractivity contribution in [3.63, 3.8) is 0 Å². The van der Waals surface area contributed by atoms with Gasteiger partial charge >= 0.3 is 6.03 Å². The van der Waals surface area contributed by atoms with Gasteiger partial charge in [-0.1, -0.05) is 43.5 Å². The molecule has 0 unspecified atom stereocenters. The summed E-state index contributed by atoms with van der Waals surface area (Å²) in [6.45, 7) is 1.38. The Morgan fingerprint density at radius 1 is 1.11 bits per heavy atom. The van der Waals surface area contributed by atoms with Gasteiger partial charge < -0.3 is 10.2 Å². The van der Waals surface area contributed by atoms with E-state index in [1.54, 1.807) is 0 Å². The fourth-order valence-corrected chi connectivity index (χ4v) is 5.80. The van der Waals surface area contributed by atoms with Gasteiger partial charge in [-0.2, -0.15) is 0 Å². The Morgan fingerprint density at radius 3 is 2.75 bits per heavy atom. The third-order valence-electron chi connectivity index (χ3n) is 7.36. The second-order valence-electron chi connectivity index (χ2n) is 8.82. The van der Waals surface area contributed by atoms with E-state index < -0.39 is 11.6 Å². The molecule has 1 aromatic rings. The lowest BCUT2D eigenvalue weighted by Gasteiger charge is -2.41. The first kappa shape index (κ1) is 17.7. The van der Waals surface area contributed by atoms with Gasteiger partial charge in [-0.25, -0.2) is 4.79 Å². The molecular formula is C22H27N3O3. The van der Waals surface area contributed by atoms with Crippen molar-refractivity contribution in [2.24, 2.45) is 11.8 Å². The molecule has 2 saturated heterocycles. The number of imide groups is 1. The number of aryl methyl sites for hydroxylation is 1. The molecule has 1 spiro atoms. The van der Waals surface area contributed by atoms with E-state index in [1.807, 2.05) is 29.2 Å². The van der Waals surface area contributed by atoms with Gasteiger partial charge in [0, 0.05) is 13.1 Å². The van der Waals surface area contributed by atoms with Crippen LogP contribution in [0.15, 0.2) is 24.3 Å². The fourth-order valence-electron chi connectivity index (χ4n) is 5.80. The van der Waals surface area contributed by atoms with E-state index in [1.165, 1.54) is 25.7 Å². The number of likely N-dealkylation sites (tertiary alicyclic amines) is 1. The summed E-state index contributed by atoms with van der Waals surface area (Å²) in [5, 5.41) is 2.91. The van der Waals surface area contributed by atoms with E-state index in [4.69, 9.17) is 0 Å². The third kappa shape index (κ3) is 2.65. The van der Waals surface area contributed by atoms with Crippen LogP contribution in [0.5, 0.6) is 0 Å². The molecule has 4 aliphatic rings. The van der Waals surface area contributed by atoms with Gasteiger partial charge in [0.15, 0.2) is 0 Å². The summed E-state index contributed by atoms with van der Waals surface area (Å²) in [5.41, 5.74) is 1.000. The highest BCUT2D eigenvalue weighted by Crippen LogP contribution is 2.41. The molecule has 3 atom stereocenters. The molecule has 2 aliphatic heterocycles. The number of amides is 4. The van der Waals surface area contributed by atoms with Crippen LogP contribution in [0.2, 0.25) is 0 Å². The number of carbonyl (C=O) groups excluding carboxylic acids is 3. The predicted octanol–water partition coefficient (Wildman–Crippen LogP) is 2.42. The summed E-state index contributed by atoms with van der Waals surface area (Å²) >= 11 is 0. The highest BCUT2D eigenvalue weighted by molar-refractivity contribution is 6.09. The van der Waals surface area contributed by atoms with Gasteiger partial charge in [0.05, 0.1) is 0 Å². The minimum atomic E-state index is -0.982. The zero-order valence-electron chi connectivity index (χ0n) is 16.2. The maximum absolute atomic E-state index is 13.2. The standard InChI is InChI=1S/C22H27N3O3/c26-19(24-12-10-15-5-1-2-7-17(15)13-24)14-25-20(27)22(23-21(25)28)11-9-16-6-3-4-8-18(16)22/h3-4,6,8,15,17H,1-2,5,7,9-14H2,(H,23,28)/t15-,17+,22-/m0/s1. The Hall–Kier alpha value is -2.37. The Morgan fingerprint density at radius 2 is 1.89 bits per heavy atom. The van der Waals surface area contributed by atoms with E-state index in [0.29, 0.717) is 12.3 Å². The van der Waals surface area contributed by atoms with Gasteiger partial charge in [-0.15, -0.1) is 0 Å². The van der Waals surface area contributed by atoms with Crippen LogP contribution in [-0.4, -0.2) is 47.3 Å². The molecule has 4 amide bonds. The first-order valence-electron chi connectivity index (χ1n) is 10.6. The molecule has 5 rings (SSSR count). The number of benzene rings is 1. The maximum Gasteiger partial charge on any atom is 0.325 e. The van der Waals surface area contributed by atoms with Crippen LogP contribution >= 0.6 is 0 Å². The van der Waals surface area contributed by atoms with Crippen LogP contribution in [0.1, 0.15) is 49.7 Å². The molecule has 1 aromatic carbocycles. The fraction of sp³-hybridized carbons (Fsp3) is 0.591. The van der Waals surface area contributed by atoms with E-state index >= 15 is 0 Å². The van der Waals surface area contributed by atoms with E-state index in [-0.39, 0.29) is 18.4 Å². The first-order valence-corrected chi connectivity index (χ1v) is 10.6. The molecule has 1 saturated carbocycles. The lowest BCUT2D eigenvalue weighted by atomic mass is 9.75. The number of nitrogens with zero attached hydrogens (tertiary/aromatic N) is 2. The van der Waals surface area contributed by atoms with Crippen LogP contribution in [-0.2, 0) is 21.5 Å².